The van der Waals surface area contributed by atoms with Gasteiger partial charge in [-0.25, -0.2) is 0 Å². The molecule has 0 bridgehead atoms. The number of carbonyl (C=O) groups is 2. The van der Waals surface area contributed by atoms with Gasteiger partial charge >= 0.3 is 5.97 Å². The Morgan fingerprint density at radius 1 is 1.24 bits per heavy atom. The molecule has 0 fully saturated rings. The lowest BCUT2D eigenvalue weighted by atomic mass is 9.71. The smallest absolute Gasteiger partial charge is 0.315 e. The number of phenolic OH excluding ortho intramolecular Hbond substituents is 1. The number of ketones is 1. The molecule has 5 heteroatoms. The third kappa shape index (κ3) is 3.23. The topological polar surface area (TPSA) is 76.0 Å². The quantitative estimate of drug-likeness (QED) is 0.850. The van der Waals surface area contributed by atoms with E-state index < -0.39 is 11.8 Å². The zero-order valence-electron chi connectivity index (χ0n) is 14.6. The van der Waals surface area contributed by atoms with Gasteiger partial charge < -0.3 is 9.84 Å². The third-order valence-corrected chi connectivity index (χ3v) is 4.87. The lowest BCUT2D eigenvalue weighted by Crippen LogP contribution is -2.38. The second-order valence-corrected chi connectivity index (χ2v) is 6.39. The SMILES string of the molecule is CCOC(=O)C1C(CC)=NC2=C(C(=O)CCC2)[C@@H]1c1ccc(O)cc1. The van der Waals surface area contributed by atoms with Gasteiger partial charge in [-0.1, -0.05) is 19.1 Å². The van der Waals surface area contributed by atoms with Crippen LogP contribution in [0.4, 0.5) is 0 Å². The average Bonchev–Trinajstić information content (AvgIpc) is 2.61. The molecule has 0 amide bonds. The van der Waals surface area contributed by atoms with Crippen molar-refractivity contribution in [3.05, 3.63) is 41.1 Å². The highest BCUT2D eigenvalue weighted by atomic mass is 16.5. The van der Waals surface area contributed by atoms with Crippen molar-refractivity contribution < 1.29 is 19.4 Å². The third-order valence-electron chi connectivity index (χ3n) is 4.87. The summed E-state index contributed by atoms with van der Waals surface area (Å²) in [6.07, 6.45) is 2.67. The fourth-order valence-corrected chi connectivity index (χ4v) is 3.76. The molecule has 3 rings (SSSR count). The molecule has 0 saturated carbocycles. The minimum Gasteiger partial charge on any atom is -0.508 e. The summed E-state index contributed by atoms with van der Waals surface area (Å²) in [5.74, 6) is -1.11. The Labute approximate surface area is 147 Å². The Morgan fingerprint density at radius 3 is 2.60 bits per heavy atom. The standard InChI is InChI=1S/C20H23NO4/c1-3-14-19(20(24)25-4-2)17(12-8-10-13(22)11-9-12)18-15(21-14)6-5-7-16(18)23/h8-11,17,19,22H,3-7H2,1-2H3/t17-,19?/m0/s1. The van der Waals surface area contributed by atoms with Crippen molar-refractivity contribution in [3.63, 3.8) is 0 Å². The number of nitrogens with zero attached hydrogens (tertiary/aromatic N) is 1. The summed E-state index contributed by atoms with van der Waals surface area (Å²) in [5.41, 5.74) is 3.06. The number of Topliss-reactive ketones (excluding diaryl/α,β-unsaturated/α-hetero) is 1. The van der Waals surface area contributed by atoms with Gasteiger partial charge in [-0.15, -0.1) is 0 Å². The molecule has 0 saturated heterocycles. The Bertz CT molecular complexity index is 745. The van der Waals surface area contributed by atoms with E-state index in [0.717, 1.165) is 29.8 Å². The van der Waals surface area contributed by atoms with E-state index in [9.17, 15) is 14.7 Å². The lowest BCUT2D eigenvalue weighted by molar-refractivity contribution is -0.146. The van der Waals surface area contributed by atoms with Gasteiger partial charge in [0.15, 0.2) is 5.78 Å². The van der Waals surface area contributed by atoms with Crippen LogP contribution in [0.25, 0.3) is 0 Å². The second-order valence-electron chi connectivity index (χ2n) is 6.39. The van der Waals surface area contributed by atoms with Crippen LogP contribution in [-0.2, 0) is 14.3 Å². The average molecular weight is 341 g/mol. The highest BCUT2D eigenvalue weighted by molar-refractivity contribution is 6.09. The Balaban J connectivity index is 2.16. The van der Waals surface area contributed by atoms with Crippen LogP contribution in [0.1, 0.15) is 51.0 Å². The largest absolute Gasteiger partial charge is 0.508 e. The molecule has 1 aliphatic carbocycles. The normalized spacial score (nSPS) is 23.1. The van der Waals surface area contributed by atoms with Gasteiger partial charge in [-0.3, -0.25) is 14.6 Å². The van der Waals surface area contributed by atoms with Crippen molar-refractivity contribution in [1.82, 2.24) is 0 Å². The van der Waals surface area contributed by atoms with E-state index in [-0.39, 0.29) is 24.1 Å². The maximum atomic E-state index is 12.7. The summed E-state index contributed by atoms with van der Waals surface area (Å²) in [6, 6.07) is 6.72. The van der Waals surface area contributed by atoms with Crippen molar-refractivity contribution >= 4 is 17.5 Å². The number of ether oxygens (including phenoxy) is 1. The predicted octanol–water partition coefficient (Wildman–Crippen LogP) is 3.53. The van der Waals surface area contributed by atoms with Crippen LogP contribution >= 0.6 is 0 Å². The molecule has 0 aromatic heterocycles. The van der Waals surface area contributed by atoms with Crippen LogP contribution in [0, 0.1) is 5.92 Å². The fourth-order valence-electron chi connectivity index (χ4n) is 3.76. The van der Waals surface area contributed by atoms with Gasteiger partial charge in [-0.05, 0) is 43.9 Å². The van der Waals surface area contributed by atoms with Crippen LogP contribution in [0.5, 0.6) is 5.75 Å². The summed E-state index contributed by atoms with van der Waals surface area (Å²) >= 11 is 0. The molecular formula is C20H23NO4. The number of hydrogen-bond acceptors (Lipinski definition) is 5. The Hall–Kier alpha value is -2.43. The molecule has 2 aliphatic rings. The second kappa shape index (κ2) is 7.21. The van der Waals surface area contributed by atoms with E-state index in [4.69, 9.17) is 4.74 Å². The molecule has 2 atom stereocenters. The molecule has 5 nitrogen and oxygen atoms in total. The van der Waals surface area contributed by atoms with Crippen LogP contribution < -0.4 is 0 Å². The first-order chi connectivity index (χ1) is 12.1. The lowest BCUT2D eigenvalue weighted by Gasteiger charge is -2.35. The fraction of sp³-hybridized carbons (Fsp3) is 0.450. The van der Waals surface area contributed by atoms with Gasteiger partial charge in [0.1, 0.15) is 11.7 Å². The maximum Gasteiger partial charge on any atom is 0.315 e. The number of hydrogen-bond donors (Lipinski definition) is 1. The molecule has 1 heterocycles. The predicted molar refractivity (Wildman–Crippen MR) is 94.6 cm³/mol. The summed E-state index contributed by atoms with van der Waals surface area (Å²) in [7, 11) is 0. The van der Waals surface area contributed by atoms with Crippen molar-refractivity contribution in [2.45, 2.75) is 45.4 Å². The summed E-state index contributed by atoms with van der Waals surface area (Å²) < 4.78 is 5.30. The molecule has 1 unspecified atom stereocenters. The minimum absolute atomic E-state index is 0.0625. The Kier molecular flexibility index (Phi) is 5.02. The van der Waals surface area contributed by atoms with Crippen LogP contribution in [0.15, 0.2) is 40.5 Å². The molecule has 0 spiro atoms. The monoisotopic (exact) mass is 341 g/mol. The van der Waals surface area contributed by atoms with Gasteiger partial charge in [0.05, 0.1) is 6.61 Å². The summed E-state index contributed by atoms with van der Waals surface area (Å²) in [4.78, 5) is 30.1. The molecule has 1 N–H and O–H groups in total. The van der Waals surface area contributed by atoms with Crippen molar-refractivity contribution in [3.8, 4) is 5.75 Å². The number of esters is 1. The van der Waals surface area contributed by atoms with Gasteiger partial charge in [0.2, 0.25) is 0 Å². The molecule has 1 aromatic rings. The number of allylic oxidation sites excluding steroid dienone is 2. The first-order valence-corrected chi connectivity index (χ1v) is 8.86. The van der Waals surface area contributed by atoms with E-state index >= 15 is 0 Å². The first kappa shape index (κ1) is 17.4. The van der Waals surface area contributed by atoms with Crippen molar-refractivity contribution in [2.24, 2.45) is 10.9 Å². The van der Waals surface area contributed by atoms with E-state index in [1.807, 2.05) is 6.92 Å². The number of aromatic hydroxyl groups is 1. The van der Waals surface area contributed by atoms with Crippen LogP contribution in [0.2, 0.25) is 0 Å². The maximum absolute atomic E-state index is 12.7. The summed E-state index contributed by atoms with van der Waals surface area (Å²) in [5, 5.41) is 9.60. The van der Waals surface area contributed by atoms with Gasteiger partial charge in [0, 0.05) is 29.3 Å². The number of phenols is 1. The zero-order valence-corrected chi connectivity index (χ0v) is 14.6. The van der Waals surface area contributed by atoms with E-state index in [1.165, 1.54) is 0 Å². The Morgan fingerprint density at radius 2 is 1.96 bits per heavy atom. The van der Waals surface area contributed by atoms with Crippen LogP contribution in [-0.4, -0.2) is 29.2 Å². The van der Waals surface area contributed by atoms with E-state index in [0.29, 0.717) is 18.4 Å². The number of carbonyl (C=O) groups excluding carboxylic acids is 2. The molecular weight excluding hydrogens is 318 g/mol. The van der Waals surface area contributed by atoms with Gasteiger partial charge in [-0.2, -0.15) is 0 Å². The molecule has 1 aliphatic heterocycles. The zero-order chi connectivity index (χ0) is 18.0. The number of rotatable bonds is 4. The molecule has 25 heavy (non-hydrogen) atoms. The first-order valence-electron chi connectivity index (χ1n) is 8.86. The number of aliphatic imine (C=N–C) groups is 1. The van der Waals surface area contributed by atoms with Gasteiger partial charge in [0.25, 0.3) is 0 Å². The molecule has 0 radical (unpaired) electrons. The van der Waals surface area contributed by atoms with E-state index in [1.54, 1.807) is 31.2 Å². The molecule has 1 aromatic carbocycles. The van der Waals surface area contributed by atoms with Crippen LogP contribution in [0.3, 0.4) is 0 Å². The van der Waals surface area contributed by atoms with Crippen molar-refractivity contribution in [1.29, 1.82) is 0 Å². The highest BCUT2D eigenvalue weighted by Crippen LogP contribution is 2.44. The molecule has 132 valence electrons. The highest BCUT2D eigenvalue weighted by Gasteiger charge is 2.43. The number of benzene rings is 1. The summed E-state index contributed by atoms with van der Waals surface area (Å²) in [6.45, 7) is 4.03. The minimum atomic E-state index is -0.588. The van der Waals surface area contributed by atoms with Crippen molar-refractivity contribution in [2.75, 3.05) is 6.61 Å². The van der Waals surface area contributed by atoms with E-state index in [2.05, 4.69) is 4.99 Å².